The largest absolute Gasteiger partial charge is 0.497 e. The maximum absolute atomic E-state index is 12.5. The van der Waals surface area contributed by atoms with Crippen LogP contribution in [0.2, 0.25) is 0 Å². The van der Waals surface area contributed by atoms with Crippen LogP contribution in [0.4, 0.5) is 5.69 Å². The van der Waals surface area contributed by atoms with Gasteiger partial charge < -0.3 is 10.1 Å². The van der Waals surface area contributed by atoms with Crippen molar-refractivity contribution in [2.45, 2.75) is 31.2 Å². The predicted octanol–water partition coefficient (Wildman–Crippen LogP) is 3.02. The summed E-state index contributed by atoms with van der Waals surface area (Å²) in [5.74, 6) is 0.336. The molecule has 2 aromatic rings. The van der Waals surface area contributed by atoms with Gasteiger partial charge >= 0.3 is 0 Å². The molecule has 2 N–H and O–H groups in total. The summed E-state index contributed by atoms with van der Waals surface area (Å²) in [6, 6.07) is 12.5. The number of carbonyl (C=O) groups excluding carboxylic acids is 1. The van der Waals surface area contributed by atoms with Crippen molar-refractivity contribution in [1.82, 2.24) is 5.32 Å². The number of amides is 1. The zero-order valence-electron chi connectivity index (χ0n) is 14.4. The summed E-state index contributed by atoms with van der Waals surface area (Å²) < 4.78 is 32.4. The van der Waals surface area contributed by atoms with Gasteiger partial charge in [0, 0.05) is 17.3 Å². The van der Waals surface area contributed by atoms with Crippen LogP contribution < -0.4 is 14.8 Å². The van der Waals surface area contributed by atoms with Crippen LogP contribution in [0.5, 0.6) is 5.75 Å². The fraction of sp³-hybridized carbons (Fsp3) is 0.278. The van der Waals surface area contributed by atoms with Crippen molar-refractivity contribution in [2.24, 2.45) is 0 Å². The molecule has 0 aliphatic rings. The Bertz CT molecular complexity index is 832. The summed E-state index contributed by atoms with van der Waals surface area (Å²) in [6.07, 6.45) is 0.815. The van der Waals surface area contributed by atoms with E-state index < -0.39 is 10.0 Å². The lowest BCUT2D eigenvalue weighted by molar-refractivity contribution is 0.0939. The van der Waals surface area contributed by atoms with Crippen molar-refractivity contribution in [3.63, 3.8) is 0 Å². The molecule has 0 radical (unpaired) electrons. The number of methoxy groups -OCH3 is 1. The summed E-state index contributed by atoms with van der Waals surface area (Å²) in [5.41, 5.74) is 0.725. The number of ether oxygens (including phenoxy) is 1. The number of benzene rings is 2. The maximum Gasteiger partial charge on any atom is 0.261 e. The summed E-state index contributed by atoms with van der Waals surface area (Å²) >= 11 is 0. The first kappa shape index (κ1) is 18.8. The third kappa shape index (κ3) is 4.96. The molecule has 0 spiro atoms. The minimum atomic E-state index is -3.75. The second-order valence-corrected chi connectivity index (χ2v) is 7.33. The van der Waals surface area contributed by atoms with Crippen molar-refractivity contribution in [3.05, 3.63) is 54.1 Å². The second-order valence-electron chi connectivity index (χ2n) is 5.64. The first-order valence-corrected chi connectivity index (χ1v) is 9.42. The molecule has 0 heterocycles. The molecule has 0 aromatic heterocycles. The molecule has 134 valence electrons. The van der Waals surface area contributed by atoms with Gasteiger partial charge in [0.15, 0.2) is 0 Å². The number of sulfonamides is 1. The van der Waals surface area contributed by atoms with Gasteiger partial charge in [0.2, 0.25) is 0 Å². The first-order valence-electron chi connectivity index (χ1n) is 7.93. The van der Waals surface area contributed by atoms with Gasteiger partial charge in [-0.2, -0.15) is 0 Å². The van der Waals surface area contributed by atoms with E-state index in [9.17, 15) is 13.2 Å². The van der Waals surface area contributed by atoms with E-state index in [0.717, 1.165) is 6.42 Å². The Hall–Kier alpha value is -2.54. The minimum absolute atomic E-state index is 0.0483. The molecule has 0 aliphatic heterocycles. The van der Waals surface area contributed by atoms with E-state index in [0.29, 0.717) is 17.0 Å². The molecule has 2 rings (SSSR count). The molecule has 1 amide bonds. The fourth-order valence-corrected chi connectivity index (χ4v) is 3.15. The van der Waals surface area contributed by atoms with Crippen LogP contribution >= 0.6 is 0 Å². The highest BCUT2D eigenvalue weighted by Gasteiger charge is 2.15. The van der Waals surface area contributed by atoms with Gasteiger partial charge in [0.25, 0.3) is 15.9 Å². The molecule has 6 nitrogen and oxygen atoms in total. The third-order valence-electron chi connectivity index (χ3n) is 3.74. The van der Waals surface area contributed by atoms with Crippen LogP contribution in [0.25, 0.3) is 0 Å². The van der Waals surface area contributed by atoms with E-state index in [1.165, 1.54) is 25.3 Å². The van der Waals surface area contributed by atoms with Crippen molar-refractivity contribution < 1.29 is 17.9 Å². The zero-order valence-corrected chi connectivity index (χ0v) is 15.3. The van der Waals surface area contributed by atoms with Crippen LogP contribution in [0.3, 0.4) is 0 Å². The number of carbonyl (C=O) groups is 1. The van der Waals surface area contributed by atoms with Crippen LogP contribution in [0.1, 0.15) is 30.6 Å². The van der Waals surface area contributed by atoms with Gasteiger partial charge in [0.1, 0.15) is 5.75 Å². The van der Waals surface area contributed by atoms with Gasteiger partial charge in [0.05, 0.1) is 12.0 Å². The zero-order chi connectivity index (χ0) is 18.4. The average molecular weight is 362 g/mol. The van der Waals surface area contributed by atoms with Gasteiger partial charge in [-0.3, -0.25) is 9.52 Å². The fourth-order valence-electron chi connectivity index (χ4n) is 2.10. The van der Waals surface area contributed by atoms with Gasteiger partial charge in [-0.15, -0.1) is 0 Å². The van der Waals surface area contributed by atoms with E-state index >= 15 is 0 Å². The Labute approximate surface area is 148 Å². The Balaban J connectivity index is 2.18. The highest BCUT2D eigenvalue weighted by atomic mass is 32.2. The Morgan fingerprint density at radius 2 is 1.84 bits per heavy atom. The number of hydrogen-bond donors (Lipinski definition) is 2. The van der Waals surface area contributed by atoms with E-state index in [4.69, 9.17) is 4.74 Å². The van der Waals surface area contributed by atoms with Crippen molar-refractivity contribution in [1.29, 1.82) is 0 Å². The van der Waals surface area contributed by atoms with E-state index in [2.05, 4.69) is 10.0 Å². The maximum atomic E-state index is 12.5. The monoisotopic (exact) mass is 362 g/mol. The average Bonchev–Trinajstić information content (AvgIpc) is 2.61. The van der Waals surface area contributed by atoms with Gasteiger partial charge in [-0.05, 0) is 55.8 Å². The van der Waals surface area contributed by atoms with E-state index in [1.807, 2.05) is 13.8 Å². The highest BCUT2D eigenvalue weighted by Crippen LogP contribution is 2.20. The summed E-state index contributed by atoms with van der Waals surface area (Å²) in [4.78, 5) is 12.3. The number of rotatable bonds is 7. The molecule has 0 bridgehead atoms. The minimum Gasteiger partial charge on any atom is -0.497 e. The highest BCUT2D eigenvalue weighted by molar-refractivity contribution is 7.92. The molecule has 0 unspecified atom stereocenters. The summed E-state index contributed by atoms with van der Waals surface area (Å²) in [6.45, 7) is 3.89. The molecule has 2 aromatic carbocycles. The van der Waals surface area contributed by atoms with Crippen molar-refractivity contribution >= 4 is 21.6 Å². The molecular formula is C18H22N2O4S. The lowest BCUT2D eigenvalue weighted by atomic mass is 10.1. The van der Waals surface area contributed by atoms with E-state index in [1.54, 1.807) is 30.3 Å². The Kier molecular flexibility index (Phi) is 6.03. The first-order chi connectivity index (χ1) is 11.9. The SMILES string of the molecule is CC[C@@H](C)NC(=O)c1cccc(NS(=O)(=O)c2ccc(OC)cc2)c1. The Morgan fingerprint density at radius 1 is 1.16 bits per heavy atom. The lowest BCUT2D eigenvalue weighted by Gasteiger charge is -2.13. The number of hydrogen-bond acceptors (Lipinski definition) is 4. The van der Waals surface area contributed by atoms with Gasteiger partial charge in [-0.1, -0.05) is 13.0 Å². The normalized spacial score (nSPS) is 12.3. The lowest BCUT2D eigenvalue weighted by Crippen LogP contribution is -2.31. The molecule has 0 saturated carbocycles. The summed E-state index contributed by atoms with van der Waals surface area (Å²) in [7, 11) is -2.23. The molecule has 1 atom stereocenters. The standard InChI is InChI=1S/C18H22N2O4S/c1-4-13(2)19-18(21)14-6-5-7-15(12-14)20-25(22,23)17-10-8-16(24-3)9-11-17/h5-13,20H,4H2,1-3H3,(H,19,21)/t13-/m1/s1. The molecule has 0 aliphatic carbocycles. The molecule has 25 heavy (non-hydrogen) atoms. The summed E-state index contributed by atoms with van der Waals surface area (Å²) in [5, 5.41) is 2.85. The molecule has 7 heteroatoms. The number of nitrogens with one attached hydrogen (secondary N) is 2. The second kappa shape index (κ2) is 8.02. The van der Waals surface area contributed by atoms with E-state index in [-0.39, 0.29) is 16.8 Å². The molecular weight excluding hydrogens is 340 g/mol. The molecule has 0 fully saturated rings. The van der Waals surface area contributed by atoms with Gasteiger partial charge in [-0.25, -0.2) is 8.42 Å². The number of anilines is 1. The third-order valence-corrected chi connectivity index (χ3v) is 5.13. The Morgan fingerprint density at radius 3 is 2.44 bits per heavy atom. The predicted molar refractivity (Wildman–Crippen MR) is 97.5 cm³/mol. The topological polar surface area (TPSA) is 84.5 Å². The van der Waals surface area contributed by atoms with Crippen molar-refractivity contribution in [3.8, 4) is 5.75 Å². The molecule has 0 saturated heterocycles. The van der Waals surface area contributed by atoms with Crippen LogP contribution in [0.15, 0.2) is 53.4 Å². The van der Waals surface area contributed by atoms with Crippen LogP contribution in [-0.2, 0) is 10.0 Å². The van der Waals surface area contributed by atoms with Crippen LogP contribution in [-0.4, -0.2) is 27.5 Å². The van der Waals surface area contributed by atoms with Crippen LogP contribution in [0, 0.1) is 0 Å². The quantitative estimate of drug-likeness (QED) is 0.793. The van der Waals surface area contributed by atoms with Crippen molar-refractivity contribution in [2.75, 3.05) is 11.8 Å². The smallest absolute Gasteiger partial charge is 0.261 e.